The maximum atomic E-state index is 4.10. The molecule has 2 rings (SSSR count). The van der Waals surface area contributed by atoms with Crippen molar-refractivity contribution in [3.8, 4) is 0 Å². The Bertz CT molecular complexity index is 404. The van der Waals surface area contributed by atoms with Crippen molar-refractivity contribution in [2.45, 2.75) is 6.54 Å². The Morgan fingerprint density at radius 1 is 1.50 bits per heavy atom. The minimum absolute atomic E-state index is 0.729. The van der Waals surface area contributed by atoms with Crippen LogP contribution in [0.3, 0.4) is 0 Å². The van der Waals surface area contributed by atoms with E-state index in [9.17, 15) is 0 Å². The third kappa shape index (κ3) is 0.972. The smallest absolute Gasteiger partial charge is 0.180 e. The highest BCUT2D eigenvalue weighted by atomic mass is 15.1. The molecule has 0 aliphatic rings. The lowest BCUT2D eigenvalue weighted by atomic mass is 10.5. The molecule has 2 aromatic heterocycles. The number of imidazole rings is 1. The van der Waals surface area contributed by atoms with Crippen LogP contribution in [0.5, 0.6) is 0 Å². The number of hydrogen-bond donors (Lipinski definition) is 0. The first kappa shape index (κ1) is 6.97. The van der Waals surface area contributed by atoms with Gasteiger partial charge in [-0.3, -0.25) is 0 Å². The molecule has 2 heterocycles. The van der Waals surface area contributed by atoms with Crippen molar-refractivity contribution >= 4 is 11.2 Å². The first-order chi connectivity index (χ1) is 5.92. The summed E-state index contributed by atoms with van der Waals surface area (Å²) >= 11 is 0. The van der Waals surface area contributed by atoms with Crippen molar-refractivity contribution in [1.82, 2.24) is 19.5 Å². The largest absolute Gasteiger partial charge is 0.324 e. The van der Waals surface area contributed by atoms with Crippen LogP contribution in [0.15, 0.2) is 31.5 Å². The number of hydrogen-bond acceptors (Lipinski definition) is 3. The summed E-state index contributed by atoms with van der Waals surface area (Å²) in [7, 11) is 0. The summed E-state index contributed by atoms with van der Waals surface area (Å²) in [5, 5.41) is 0. The summed E-state index contributed by atoms with van der Waals surface area (Å²) in [6, 6.07) is 0. The molecule has 0 amide bonds. The van der Waals surface area contributed by atoms with Crippen LogP contribution < -0.4 is 0 Å². The molecule has 0 unspecified atom stereocenters. The Balaban J connectivity index is 2.62. The molecule has 12 heavy (non-hydrogen) atoms. The highest BCUT2D eigenvalue weighted by Gasteiger charge is 1.99. The third-order valence-electron chi connectivity index (χ3n) is 1.63. The minimum atomic E-state index is 0.729. The fourth-order valence-electron chi connectivity index (χ4n) is 1.09. The number of nitrogens with zero attached hydrogens (tertiary/aromatic N) is 4. The third-order valence-corrected chi connectivity index (χ3v) is 1.63. The molecular weight excluding hydrogens is 152 g/mol. The molecule has 0 bridgehead atoms. The van der Waals surface area contributed by atoms with Gasteiger partial charge >= 0.3 is 0 Å². The molecule has 2 aromatic rings. The maximum absolute atomic E-state index is 4.10. The maximum Gasteiger partial charge on any atom is 0.180 e. The topological polar surface area (TPSA) is 43.6 Å². The van der Waals surface area contributed by atoms with E-state index in [4.69, 9.17) is 0 Å². The van der Waals surface area contributed by atoms with Crippen molar-refractivity contribution in [3.05, 3.63) is 31.5 Å². The summed E-state index contributed by atoms with van der Waals surface area (Å²) < 4.78 is 1.95. The normalized spacial score (nSPS) is 10.3. The Morgan fingerprint density at radius 2 is 2.42 bits per heavy atom. The van der Waals surface area contributed by atoms with E-state index in [0.29, 0.717) is 0 Å². The van der Waals surface area contributed by atoms with E-state index in [1.165, 1.54) is 6.33 Å². The van der Waals surface area contributed by atoms with Gasteiger partial charge in [-0.25, -0.2) is 15.0 Å². The summed E-state index contributed by atoms with van der Waals surface area (Å²) in [6.07, 6.45) is 6.79. The van der Waals surface area contributed by atoms with Crippen molar-refractivity contribution in [3.63, 3.8) is 0 Å². The Hall–Kier alpha value is -1.71. The highest BCUT2D eigenvalue weighted by molar-refractivity contribution is 5.68. The first-order valence-electron chi connectivity index (χ1n) is 3.63. The average molecular weight is 160 g/mol. The van der Waals surface area contributed by atoms with Gasteiger partial charge < -0.3 is 4.57 Å². The quantitative estimate of drug-likeness (QED) is 0.616. The van der Waals surface area contributed by atoms with E-state index in [-0.39, 0.29) is 0 Å². The van der Waals surface area contributed by atoms with E-state index in [1.807, 2.05) is 10.6 Å². The highest BCUT2D eigenvalue weighted by Crippen LogP contribution is 2.06. The van der Waals surface area contributed by atoms with Gasteiger partial charge in [-0.05, 0) is 0 Å². The molecular formula is C8H8N4. The molecule has 0 fully saturated rings. The Labute approximate surface area is 69.6 Å². The fourth-order valence-corrected chi connectivity index (χ4v) is 1.09. The van der Waals surface area contributed by atoms with Crippen molar-refractivity contribution in [2.24, 2.45) is 0 Å². The van der Waals surface area contributed by atoms with Gasteiger partial charge in [-0.15, -0.1) is 6.58 Å². The summed E-state index contributed by atoms with van der Waals surface area (Å²) in [4.78, 5) is 12.0. The lowest BCUT2D eigenvalue weighted by Crippen LogP contribution is -1.92. The molecule has 0 radical (unpaired) electrons. The van der Waals surface area contributed by atoms with Gasteiger partial charge in [0.25, 0.3) is 0 Å². The molecule has 0 aliphatic heterocycles. The van der Waals surface area contributed by atoms with Gasteiger partial charge in [0, 0.05) is 6.54 Å². The molecule has 0 N–H and O–H groups in total. The summed E-state index contributed by atoms with van der Waals surface area (Å²) in [5.74, 6) is 0. The summed E-state index contributed by atoms with van der Waals surface area (Å²) in [5.41, 5.74) is 1.67. The molecule has 0 spiro atoms. The van der Waals surface area contributed by atoms with Crippen LogP contribution >= 0.6 is 0 Å². The Morgan fingerprint density at radius 3 is 3.25 bits per heavy atom. The van der Waals surface area contributed by atoms with Crippen molar-refractivity contribution in [1.29, 1.82) is 0 Å². The van der Waals surface area contributed by atoms with Crippen LogP contribution in [0.1, 0.15) is 0 Å². The first-order valence-corrected chi connectivity index (χ1v) is 3.63. The molecule has 0 atom stereocenters. The number of aromatic nitrogens is 4. The fraction of sp³-hybridized carbons (Fsp3) is 0.125. The Kier molecular flexibility index (Phi) is 1.59. The molecule has 4 nitrogen and oxygen atoms in total. The SMILES string of the molecule is C=CCn1cnc2ncncc21. The molecule has 0 aromatic carbocycles. The van der Waals surface area contributed by atoms with E-state index in [1.54, 1.807) is 12.5 Å². The molecule has 4 heteroatoms. The predicted octanol–water partition coefficient (Wildman–Crippen LogP) is 1.01. The second-order valence-electron chi connectivity index (χ2n) is 2.42. The van der Waals surface area contributed by atoms with Crippen molar-refractivity contribution < 1.29 is 0 Å². The van der Waals surface area contributed by atoms with E-state index >= 15 is 0 Å². The molecule has 60 valence electrons. The van der Waals surface area contributed by atoms with Crippen LogP contribution in [0, 0.1) is 0 Å². The monoisotopic (exact) mass is 160 g/mol. The van der Waals surface area contributed by atoms with Crippen molar-refractivity contribution in [2.75, 3.05) is 0 Å². The van der Waals surface area contributed by atoms with Gasteiger partial charge in [0.05, 0.1) is 12.5 Å². The number of fused-ring (bicyclic) bond motifs is 1. The molecule has 0 saturated heterocycles. The zero-order chi connectivity index (χ0) is 8.39. The number of rotatable bonds is 2. The molecule has 0 aliphatic carbocycles. The van der Waals surface area contributed by atoms with Gasteiger partial charge in [-0.2, -0.15) is 0 Å². The van der Waals surface area contributed by atoms with Crippen LogP contribution in [0.4, 0.5) is 0 Å². The van der Waals surface area contributed by atoms with E-state index < -0.39 is 0 Å². The van der Waals surface area contributed by atoms with Crippen LogP contribution in [0.25, 0.3) is 11.2 Å². The zero-order valence-corrected chi connectivity index (χ0v) is 6.51. The second-order valence-corrected chi connectivity index (χ2v) is 2.42. The average Bonchev–Trinajstić information content (AvgIpc) is 2.50. The van der Waals surface area contributed by atoms with Gasteiger partial charge in [-0.1, -0.05) is 6.08 Å². The summed E-state index contributed by atoms with van der Waals surface area (Å²) in [6.45, 7) is 4.39. The molecule has 0 saturated carbocycles. The van der Waals surface area contributed by atoms with Crippen LogP contribution in [0.2, 0.25) is 0 Å². The standard InChI is InChI=1S/C8H8N4/c1-2-3-12-6-11-8-7(12)4-9-5-10-8/h2,4-6H,1,3H2. The minimum Gasteiger partial charge on any atom is -0.324 e. The van der Waals surface area contributed by atoms with E-state index in [0.717, 1.165) is 17.7 Å². The van der Waals surface area contributed by atoms with Crippen LogP contribution in [-0.4, -0.2) is 19.5 Å². The lowest BCUT2D eigenvalue weighted by molar-refractivity contribution is 0.849. The second kappa shape index (κ2) is 2.73. The van der Waals surface area contributed by atoms with Crippen LogP contribution in [-0.2, 0) is 6.54 Å². The van der Waals surface area contributed by atoms with Gasteiger partial charge in [0.2, 0.25) is 0 Å². The zero-order valence-electron chi connectivity index (χ0n) is 6.51. The predicted molar refractivity (Wildman–Crippen MR) is 45.5 cm³/mol. The lowest BCUT2D eigenvalue weighted by Gasteiger charge is -1.95. The van der Waals surface area contributed by atoms with Gasteiger partial charge in [0.1, 0.15) is 11.8 Å². The number of allylic oxidation sites excluding steroid dienone is 1. The van der Waals surface area contributed by atoms with E-state index in [2.05, 4.69) is 21.5 Å². The van der Waals surface area contributed by atoms with Gasteiger partial charge in [0.15, 0.2) is 5.65 Å².